The highest BCUT2D eigenvalue weighted by Crippen LogP contribution is 2.33. The van der Waals surface area contributed by atoms with Gasteiger partial charge in [0.1, 0.15) is 5.82 Å². The van der Waals surface area contributed by atoms with Gasteiger partial charge in [0.15, 0.2) is 0 Å². The topological polar surface area (TPSA) is 72.9 Å². The van der Waals surface area contributed by atoms with Crippen LogP contribution < -0.4 is 11.1 Å². The fourth-order valence-corrected chi connectivity index (χ4v) is 1.88. The van der Waals surface area contributed by atoms with Crippen molar-refractivity contribution >= 4 is 11.7 Å². The quantitative estimate of drug-likeness (QED) is 0.852. The number of amides is 1. The fraction of sp³-hybridized carbons (Fsp3) is 0.692. The van der Waals surface area contributed by atoms with Gasteiger partial charge in [-0.15, -0.1) is 0 Å². The van der Waals surface area contributed by atoms with E-state index in [1.165, 1.54) is 0 Å². The SMILES string of the molecule is Cn1nc(CC(C)(C)C)cc1NC(=O)C1(N)CC1. The van der Waals surface area contributed by atoms with Gasteiger partial charge < -0.3 is 11.1 Å². The zero-order chi connectivity index (χ0) is 13.6. The molecule has 0 saturated heterocycles. The van der Waals surface area contributed by atoms with Crippen LogP contribution in [0.2, 0.25) is 0 Å². The molecule has 1 heterocycles. The summed E-state index contributed by atoms with van der Waals surface area (Å²) in [5.41, 5.74) is 6.38. The van der Waals surface area contributed by atoms with Crippen molar-refractivity contribution in [2.24, 2.45) is 18.2 Å². The average molecular weight is 250 g/mol. The molecule has 0 aliphatic heterocycles. The molecule has 100 valence electrons. The number of nitrogens with two attached hydrogens (primary N) is 1. The first-order valence-electron chi connectivity index (χ1n) is 6.33. The Morgan fingerprint density at radius 1 is 1.56 bits per heavy atom. The molecule has 1 amide bonds. The van der Waals surface area contributed by atoms with E-state index in [1.807, 2.05) is 13.1 Å². The van der Waals surface area contributed by atoms with Crippen LogP contribution in [0.3, 0.4) is 0 Å². The van der Waals surface area contributed by atoms with Gasteiger partial charge in [0, 0.05) is 13.1 Å². The lowest BCUT2D eigenvalue weighted by Gasteiger charge is -2.15. The molecule has 0 bridgehead atoms. The summed E-state index contributed by atoms with van der Waals surface area (Å²) in [6.07, 6.45) is 2.42. The fourth-order valence-electron chi connectivity index (χ4n) is 1.88. The Hall–Kier alpha value is -1.36. The van der Waals surface area contributed by atoms with Gasteiger partial charge in [0.2, 0.25) is 5.91 Å². The molecule has 1 aromatic heterocycles. The summed E-state index contributed by atoms with van der Waals surface area (Å²) in [5.74, 6) is 0.615. The van der Waals surface area contributed by atoms with E-state index in [1.54, 1.807) is 4.68 Å². The monoisotopic (exact) mass is 250 g/mol. The lowest BCUT2D eigenvalue weighted by molar-refractivity contribution is -0.118. The van der Waals surface area contributed by atoms with Crippen molar-refractivity contribution in [2.75, 3.05) is 5.32 Å². The Morgan fingerprint density at radius 2 is 2.17 bits per heavy atom. The van der Waals surface area contributed by atoms with Crippen LogP contribution in [-0.4, -0.2) is 21.2 Å². The number of carbonyl (C=O) groups is 1. The number of nitrogens with zero attached hydrogens (tertiary/aromatic N) is 2. The molecular weight excluding hydrogens is 228 g/mol. The number of carbonyl (C=O) groups excluding carboxylic acids is 1. The first-order valence-corrected chi connectivity index (χ1v) is 6.33. The third kappa shape index (κ3) is 2.90. The van der Waals surface area contributed by atoms with Gasteiger partial charge in [-0.3, -0.25) is 9.48 Å². The van der Waals surface area contributed by atoms with E-state index in [0.29, 0.717) is 0 Å². The standard InChI is InChI=1S/C13H22N4O/c1-12(2,3)8-9-7-10(17(4)16-9)15-11(18)13(14)5-6-13/h7H,5-6,8,14H2,1-4H3,(H,15,18). The minimum Gasteiger partial charge on any atom is -0.317 e. The molecule has 1 aromatic rings. The normalized spacial score (nSPS) is 17.6. The summed E-state index contributed by atoms with van der Waals surface area (Å²) >= 11 is 0. The predicted octanol–water partition coefficient (Wildman–Crippen LogP) is 1.44. The maximum atomic E-state index is 11.9. The molecule has 5 heteroatoms. The summed E-state index contributed by atoms with van der Waals surface area (Å²) in [5, 5.41) is 7.27. The lowest BCUT2D eigenvalue weighted by Crippen LogP contribution is -2.38. The average Bonchev–Trinajstić information content (AvgIpc) is 2.85. The molecule has 2 rings (SSSR count). The zero-order valence-corrected chi connectivity index (χ0v) is 11.6. The van der Waals surface area contributed by atoms with Gasteiger partial charge in [-0.05, 0) is 24.7 Å². The number of rotatable bonds is 3. The van der Waals surface area contributed by atoms with Crippen LogP contribution in [0.5, 0.6) is 0 Å². The Kier molecular flexibility index (Phi) is 2.97. The third-order valence-electron chi connectivity index (χ3n) is 3.12. The molecule has 1 saturated carbocycles. The van der Waals surface area contributed by atoms with E-state index in [0.717, 1.165) is 30.8 Å². The molecule has 0 radical (unpaired) electrons. The minimum atomic E-state index is -0.644. The molecule has 1 fully saturated rings. The van der Waals surface area contributed by atoms with E-state index < -0.39 is 5.54 Å². The van der Waals surface area contributed by atoms with E-state index in [-0.39, 0.29) is 11.3 Å². The Morgan fingerprint density at radius 3 is 2.67 bits per heavy atom. The van der Waals surface area contributed by atoms with E-state index >= 15 is 0 Å². The van der Waals surface area contributed by atoms with Crippen LogP contribution >= 0.6 is 0 Å². The number of aryl methyl sites for hydroxylation is 1. The first-order chi connectivity index (χ1) is 8.20. The van der Waals surface area contributed by atoms with Crippen LogP contribution in [0.4, 0.5) is 5.82 Å². The van der Waals surface area contributed by atoms with Crippen LogP contribution in [0.25, 0.3) is 0 Å². The number of nitrogens with one attached hydrogen (secondary N) is 1. The number of aromatic nitrogens is 2. The first kappa shape index (κ1) is 13.1. The van der Waals surface area contributed by atoms with Gasteiger partial charge >= 0.3 is 0 Å². The smallest absolute Gasteiger partial charge is 0.245 e. The number of anilines is 1. The summed E-state index contributed by atoms with van der Waals surface area (Å²) in [4.78, 5) is 11.9. The second-order valence-electron chi connectivity index (χ2n) is 6.49. The van der Waals surface area contributed by atoms with Crippen molar-refractivity contribution in [3.63, 3.8) is 0 Å². The van der Waals surface area contributed by atoms with Crippen molar-refractivity contribution in [3.8, 4) is 0 Å². The Bertz CT molecular complexity index is 466. The van der Waals surface area contributed by atoms with Crippen molar-refractivity contribution < 1.29 is 4.79 Å². The predicted molar refractivity (Wildman–Crippen MR) is 71.1 cm³/mol. The lowest BCUT2D eigenvalue weighted by atomic mass is 9.91. The molecule has 1 aliphatic rings. The number of hydrogen-bond donors (Lipinski definition) is 2. The molecule has 18 heavy (non-hydrogen) atoms. The van der Waals surface area contributed by atoms with Gasteiger partial charge in [0.05, 0.1) is 11.2 Å². The van der Waals surface area contributed by atoms with E-state index in [2.05, 4.69) is 31.2 Å². The largest absolute Gasteiger partial charge is 0.317 e. The summed E-state index contributed by atoms with van der Waals surface area (Å²) in [6.45, 7) is 6.50. The van der Waals surface area contributed by atoms with Gasteiger partial charge in [-0.1, -0.05) is 20.8 Å². The van der Waals surface area contributed by atoms with Crippen molar-refractivity contribution in [1.29, 1.82) is 0 Å². The molecule has 0 spiro atoms. The summed E-state index contributed by atoms with van der Waals surface area (Å²) < 4.78 is 1.70. The molecule has 3 N–H and O–H groups in total. The molecule has 0 unspecified atom stereocenters. The third-order valence-corrected chi connectivity index (χ3v) is 3.12. The van der Waals surface area contributed by atoms with Crippen LogP contribution in [0, 0.1) is 5.41 Å². The van der Waals surface area contributed by atoms with E-state index in [9.17, 15) is 4.79 Å². The highest BCUT2D eigenvalue weighted by molar-refractivity contribution is 5.99. The van der Waals surface area contributed by atoms with Gasteiger partial charge in [0.25, 0.3) is 0 Å². The van der Waals surface area contributed by atoms with Crippen molar-refractivity contribution in [2.45, 2.75) is 45.6 Å². The van der Waals surface area contributed by atoms with E-state index in [4.69, 9.17) is 5.73 Å². The minimum absolute atomic E-state index is 0.104. The Labute approximate surface area is 108 Å². The van der Waals surface area contributed by atoms with Crippen molar-refractivity contribution in [3.05, 3.63) is 11.8 Å². The van der Waals surface area contributed by atoms with Crippen molar-refractivity contribution in [1.82, 2.24) is 9.78 Å². The van der Waals surface area contributed by atoms with Gasteiger partial charge in [-0.25, -0.2) is 0 Å². The second-order valence-corrected chi connectivity index (χ2v) is 6.49. The maximum absolute atomic E-state index is 11.9. The highest BCUT2D eigenvalue weighted by atomic mass is 16.2. The summed E-state index contributed by atoms with van der Waals surface area (Å²) in [6, 6.07) is 1.93. The second kappa shape index (κ2) is 4.09. The highest BCUT2D eigenvalue weighted by Gasteiger charge is 2.46. The number of hydrogen-bond acceptors (Lipinski definition) is 3. The molecule has 1 aliphatic carbocycles. The molecular formula is C13H22N4O. The Balaban J connectivity index is 2.07. The summed E-state index contributed by atoms with van der Waals surface area (Å²) in [7, 11) is 1.83. The van der Waals surface area contributed by atoms with Crippen LogP contribution in [-0.2, 0) is 18.3 Å². The zero-order valence-electron chi connectivity index (χ0n) is 11.6. The van der Waals surface area contributed by atoms with Gasteiger partial charge in [-0.2, -0.15) is 5.10 Å². The molecule has 0 aromatic carbocycles. The van der Waals surface area contributed by atoms with Crippen LogP contribution in [0.1, 0.15) is 39.3 Å². The maximum Gasteiger partial charge on any atom is 0.245 e. The van der Waals surface area contributed by atoms with Crippen LogP contribution in [0.15, 0.2) is 6.07 Å². The molecule has 5 nitrogen and oxygen atoms in total. The molecule has 0 atom stereocenters.